The highest BCUT2D eigenvalue weighted by Gasteiger charge is 2.42. The molecular formula is C17H21NO3. The van der Waals surface area contributed by atoms with Gasteiger partial charge in [0.1, 0.15) is 5.75 Å². The number of amides is 1. The Balaban J connectivity index is 1.51. The maximum Gasteiger partial charge on any atom is 0.258 e. The van der Waals surface area contributed by atoms with Crippen molar-refractivity contribution in [2.24, 2.45) is 11.8 Å². The molecule has 0 aliphatic heterocycles. The first-order chi connectivity index (χ1) is 10.1. The summed E-state index contributed by atoms with van der Waals surface area (Å²) in [5.74, 6) is 1.86. The summed E-state index contributed by atoms with van der Waals surface area (Å²) < 4.78 is 5.50. The molecule has 4 heteroatoms. The van der Waals surface area contributed by atoms with E-state index in [1.165, 1.54) is 32.6 Å². The Labute approximate surface area is 124 Å². The van der Waals surface area contributed by atoms with Gasteiger partial charge in [0.25, 0.3) is 5.91 Å². The molecule has 0 spiro atoms. The van der Waals surface area contributed by atoms with Crippen LogP contribution in [0.1, 0.15) is 43.0 Å². The van der Waals surface area contributed by atoms with Crippen LogP contribution in [0.2, 0.25) is 0 Å². The molecule has 1 aromatic rings. The molecule has 21 heavy (non-hydrogen) atoms. The third kappa shape index (κ3) is 3.84. The van der Waals surface area contributed by atoms with E-state index in [9.17, 15) is 9.59 Å². The van der Waals surface area contributed by atoms with Gasteiger partial charge in [-0.25, -0.2) is 0 Å². The second kappa shape index (κ2) is 5.88. The third-order valence-corrected chi connectivity index (χ3v) is 4.20. The smallest absolute Gasteiger partial charge is 0.258 e. The average Bonchev–Trinajstić information content (AvgIpc) is 3.36. The minimum absolute atomic E-state index is 0.00701. The first-order valence-electron chi connectivity index (χ1n) is 7.66. The van der Waals surface area contributed by atoms with E-state index in [4.69, 9.17) is 4.74 Å². The standard InChI is InChI=1S/C17H21NO3/c1-11(19)14-3-2-4-15(9-14)21-10-16(20)18-17(12-5-6-12)13-7-8-13/h2-4,9,12-13,17H,5-8,10H2,1H3,(H,18,20). The van der Waals surface area contributed by atoms with Crippen molar-refractivity contribution in [3.05, 3.63) is 29.8 Å². The Kier molecular flexibility index (Phi) is 3.95. The molecule has 0 bridgehead atoms. The lowest BCUT2D eigenvalue weighted by Gasteiger charge is -2.17. The van der Waals surface area contributed by atoms with Crippen LogP contribution in [0.5, 0.6) is 5.75 Å². The van der Waals surface area contributed by atoms with Crippen LogP contribution in [0.3, 0.4) is 0 Å². The largest absolute Gasteiger partial charge is 0.484 e. The number of hydrogen-bond acceptors (Lipinski definition) is 3. The molecule has 2 saturated carbocycles. The fourth-order valence-electron chi connectivity index (χ4n) is 2.71. The number of nitrogens with one attached hydrogen (secondary N) is 1. The lowest BCUT2D eigenvalue weighted by atomic mass is 10.1. The fraction of sp³-hybridized carbons (Fsp3) is 0.529. The molecule has 2 aliphatic rings. The molecule has 2 fully saturated rings. The molecule has 2 aliphatic carbocycles. The SMILES string of the molecule is CC(=O)c1cccc(OCC(=O)NC(C2CC2)C2CC2)c1. The summed E-state index contributed by atoms with van der Waals surface area (Å²) in [7, 11) is 0. The van der Waals surface area contributed by atoms with Gasteiger partial charge < -0.3 is 10.1 Å². The Morgan fingerprint density at radius 3 is 2.48 bits per heavy atom. The number of rotatable bonds is 7. The summed E-state index contributed by atoms with van der Waals surface area (Å²) in [6.07, 6.45) is 4.96. The van der Waals surface area contributed by atoms with E-state index in [1.54, 1.807) is 24.3 Å². The third-order valence-electron chi connectivity index (χ3n) is 4.20. The maximum absolute atomic E-state index is 12.0. The van der Waals surface area contributed by atoms with Gasteiger partial charge in [-0.05, 0) is 56.6 Å². The minimum atomic E-state index is -0.0629. The van der Waals surface area contributed by atoms with Crippen LogP contribution in [-0.4, -0.2) is 24.3 Å². The average molecular weight is 287 g/mol. The first-order valence-corrected chi connectivity index (χ1v) is 7.66. The summed E-state index contributed by atoms with van der Waals surface area (Å²) >= 11 is 0. The zero-order valence-electron chi connectivity index (χ0n) is 12.3. The van der Waals surface area contributed by atoms with Crippen LogP contribution in [0.4, 0.5) is 0 Å². The van der Waals surface area contributed by atoms with Gasteiger partial charge in [-0.15, -0.1) is 0 Å². The van der Waals surface area contributed by atoms with Crippen molar-refractivity contribution < 1.29 is 14.3 Å². The van der Waals surface area contributed by atoms with E-state index in [0.29, 0.717) is 29.2 Å². The van der Waals surface area contributed by atoms with Crippen LogP contribution in [0, 0.1) is 11.8 Å². The summed E-state index contributed by atoms with van der Waals surface area (Å²) in [5, 5.41) is 3.12. The monoisotopic (exact) mass is 287 g/mol. The minimum Gasteiger partial charge on any atom is -0.484 e. The van der Waals surface area contributed by atoms with Crippen molar-refractivity contribution in [3.8, 4) is 5.75 Å². The second-order valence-corrected chi connectivity index (χ2v) is 6.14. The molecule has 0 aromatic heterocycles. The van der Waals surface area contributed by atoms with E-state index < -0.39 is 0 Å². The summed E-state index contributed by atoms with van der Waals surface area (Å²) in [6, 6.07) is 7.30. The van der Waals surface area contributed by atoms with Crippen LogP contribution in [0.15, 0.2) is 24.3 Å². The molecule has 112 valence electrons. The van der Waals surface area contributed by atoms with Crippen LogP contribution in [-0.2, 0) is 4.79 Å². The van der Waals surface area contributed by atoms with Gasteiger partial charge in [-0.3, -0.25) is 9.59 Å². The van der Waals surface area contributed by atoms with Gasteiger partial charge in [0.05, 0.1) is 0 Å². The number of Topliss-reactive ketones (excluding diaryl/α,β-unsaturated/α-hetero) is 1. The number of hydrogen-bond donors (Lipinski definition) is 1. The quantitative estimate of drug-likeness (QED) is 0.784. The Morgan fingerprint density at radius 1 is 1.24 bits per heavy atom. The molecule has 0 atom stereocenters. The number of ether oxygens (including phenoxy) is 1. The van der Waals surface area contributed by atoms with E-state index >= 15 is 0 Å². The number of ketones is 1. The zero-order chi connectivity index (χ0) is 14.8. The Bertz CT molecular complexity index is 535. The van der Waals surface area contributed by atoms with E-state index in [-0.39, 0.29) is 18.3 Å². The molecular weight excluding hydrogens is 266 g/mol. The molecule has 0 heterocycles. The normalized spacial score (nSPS) is 17.6. The van der Waals surface area contributed by atoms with E-state index in [0.717, 1.165) is 0 Å². The topological polar surface area (TPSA) is 55.4 Å². The molecule has 0 unspecified atom stereocenters. The zero-order valence-corrected chi connectivity index (χ0v) is 12.3. The highest BCUT2D eigenvalue weighted by atomic mass is 16.5. The second-order valence-electron chi connectivity index (χ2n) is 6.14. The van der Waals surface area contributed by atoms with Gasteiger partial charge in [-0.2, -0.15) is 0 Å². The summed E-state index contributed by atoms with van der Waals surface area (Å²) in [5.41, 5.74) is 0.599. The number of carbonyl (C=O) groups is 2. The molecule has 0 saturated heterocycles. The molecule has 1 aromatic carbocycles. The van der Waals surface area contributed by atoms with Crippen molar-refractivity contribution in [1.82, 2.24) is 5.32 Å². The van der Waals surface area contributed by atoms with Gasteiger partial charge in [0, 0.05) is 11.6 Å². The predicted octanol–water partition coefficient (Wildman–Crippen LogP) is 2.57. The highest BCUT2D eigenvalue weighted by molar-refractivity contribution is 5.94. The van der Waals surface area contributed by atoms with E-state index in [1.807, 2.05) is 0 Å². The molecule has 4 nitrogen and oxygen atoms in total. The van der Waals surface area contributed by atoms with Crippen LogP contribution < -0.4 is 10.1 Å². The van der Waals surface area contributed by atoms with Crippen molar-refractivity contribution in [3.63, 3.8) is 0 Å². The molecule has 1 amide bonds. The summed E-state index contributed by atoms with van der Waals surface area (Å²) in [6.45, 7) is 1.53. The van der Waals surface area contributed by atoms with Gasteiger partial charge in [0.2, 0.25) is 0 Å². The number of carbonyl (C=O) groups excluding carboxylic acids is 2. The van der Waals surface area contributed by atoms with Gasteiger partial charge in [-0.1, -0.05) is 12.1 Å². The molecule has 0 radical (unpaired) electrons. The fourth-order valence-corrected chi connectivity index (χ4v) is 2.71. The Morgan fingerprint density at radius 2 is 1.90 bits per heavy atom. The van der Waals surface area contributed by atoms with Crippen LogP contribution in [0.25, 0.3) is 0 Å². The van der Waals surface area contributed by atoms with Gasteiger partial charge >= 0.3 is 0 Å². The molecule has 1 N–H and O–H groups in total. The highest BCUT2D eigenvalue weighted by Crippen LogP contribution is 2.44. The van der Waals surface area contributed by atoms with Crippen molar-refractivity contribution >= 4 is 11.7 Å². The van der Waals surface area contributed by atoms with Crippen LogP contribution >= 0.6 is 0 Å². The lowest BCUT2D eigenvalue weighted by molar-refractivity contribution is -0.124. The maximum atomic E-state index is 12.0. The van der Waals surface area contributed by atoms with Gasteiger partial charge in [0.15, 0.2) is 12.4 Å². The first kappa shape index (κ1) is 14.1. The van der Waals surface area contributed by atoms with Crippen molar-refractivity contribution in [1.29, 1.82) is 0 Å². The van der Waals surface area contributed by atoms with E-state index in [2.05, 4.69) is 5.32 Å². The van der Waals surface area contributed by atoms with Crippen molar-refractivity contribution in [2.45, 2.75) is 38.6 Å². The Hall–Kier alpha value is -1.84. The predicted molar refractivity (Wildman–Crippen MR) is 79.3 cm³/mol. The number of benzene rings is 1. The summed E-state index contributed by atoms with van der Waals surface area (Å²) in [4.78, 5) is 23.3. The molecule has 3 rings (SSSR count). The lowest BCUT2D eigenvalue weighted by Crippen LogP contribution is -2.40. The van der Waals surface area contributed by atoms with Crippen molar-refractivity contribution in [2.75, 3.05) is 6.61 Å².